The first-order valence-corrected chi connectivity index (χ1v) is 5.85. The predicted molar refractivity (Wildman–Crippen MR) is 61.6 cm³/mol. The molecule has 18 heavy (non-hydrogen) atoms. The molecule has 0 saturated carbocycles. The fourth-order valence-corrected chi connectivity index (χ4v) is 1.97. The van der Waals surface area contributed by atoms with Crippen LogP contribution in [0.3, 0.4) is 0 Å². The highest BCUT2D eigenvalue weighted by atomic mass is 16.5. The number of hydrogen-bond donors (Lipinski definition) is 1. The van der Waals surface area contributed by atoms with Crippen LogP contribution in [-0.4, -0.2) is 47.7 Å². The summed E-state index contributed by atoms with van der Waals surface area (Å²) in [6.07, 6.45) is 0.790. The van der Waals surface area contributed by atoms with E-state index >= 15 is 0 Å². The zero-order valence-electron chi connectivity index (χ0n) is 10.1. The summed E-state index contributed by atoms with van der Waals surface area (Å²) in [6, 6.07) is 2.70. The Morgan fingerprint density at radius 3 is 2.78 bits per heavy atom. The zero-order chi connectivity index (χ0) is 13.1. The van der Waals surface area contributed by atoms with E-state index in [4.69, 9.17) is 14.3 Å². The van der Waals surface area contributed by atoms with Crippen LogP contribution >= 0.6 is 0 Å². The Labute approximate surface area is 104 Å². The molecule has 0 aliphatic carbocycles. The minimum Gasteiger partial charge on any atom is -0.475 e. The molecule has 6 heteroatoms. The lowest BCUT2D eigenvalue weighted by Crippen LogP contribution is -2.48. The summed E-state index contributed by atoms with van der Waals surface area (Å²) in [4.78, 5) is 24.6. The highest BCUT2D eigenvalue weighted by molar-refractivity contribution is 5.93. The van der Waals surface area contributed by atoms with Gasteiger partial charge in [-0.25, -0.2) is 4.79 Å². The number of carbonyl (C=O) groups is 2. The van der Waals surface area contributed by atoms with E-state index in [1.54, 1.807) is 4.90 Å². The highest BCUT2D eigenvalue weighted by Gasteiger charge is 2.29. The zero-order valence-corrected chi connectivity index (χ0v) is 10.1. The van der Waals surface area contributed by atoms with Crippen LogP contribution in [0.15, 0.2) is 16.5 Å². The smallest absolute Gasteiger partial charge is 0.371 e. The number of nitrogens with zero attached hydrogens (tertiary/aromatic N) is 1. The molecule has 1 saturated heterocycles. The van der Waals surface area contributed by atoms with Crippen LogP contribution in [-0.2, 0) is 4.74 Å². The Hall–Kier alpha value is -1.82. The second-order valence-electron chi connectivity index (χ2n) is 4.10. The second-order valence-corrected chi connectivity index (χ2v) is 4.10. The summed E-state index contributed by atoms with van der Waals surface area (Å²) in [5, 5.41) is 8.75. The van der Waals surface area contributed by atoms with E-state index in [1.807, 2.05) is 6.92 Å². The molecule has 1 unspecified atom stereocenters. The normalized spacial score (nSPS) is 19.8. The van der Waals surface area contributed by atoms with Crippen molar-refractivity contribution in [1.82, 2.24) is 4.90 Å². The van der Waals surface area contributed by atoms with Crippen LogP contribution in [0.2, 0.25) is 0 Å². The van der Waals surface area contributed by atoms with Gasteiger partial charge in [0.2, 0.25) is 5.76 Å². The molecule has 1 amide bonds. The molecule has 98 valence electrons. The minimum absolute atomic E-state index is 0.0182. The Kier molecular flexibility index (Phi) is 3.66. The molecular weight excluding hydrogens is 238 g/mol. The van der Waals surface area contributed by atoms with E-state index in [9.17, 15) is 9.59 Å². The quantitative estimate of drug-likeness (QED) is 0.876. The van der Waals surface area contributed by atoms with Crippen molar-refractivity contribution in [3.05, 3.63) is 23.7 Å². The summed E-state index contributed by atoms with van der Waals surface area (Å²) in [5.41, 5.74) is 0. The molecule has 1 fully saturated rings. The van der Waals surface area contributed by atoms with Crippen molar-refractivity contribution in [2.24, 2.45) is 0 Å². The van der Waals surface area contributed by atoms with Crippen LogP contribution in [0.4, 0.5) is 0 Å². The van der Waals surface area contributed by atoms with Crippen molar-refractivity contribution in [3.63, 3.8) is 0 Å². The van der Waals surface area contributed by atoms with Crippen molar-refractivity contribution in [2.45, 2.75) is 19.4 Å². The van der Waals surface area contributed by atoms with Crippen LogP contribution in [0.5, 0.6) is 0 Å². The van der Waals surface area contributed by atoms with Crippen LogP contribution < -0.4 is 0 Å². The molecule has 0 aromatic carbocycles. The summed E-state index contributed by atoms with van der Waals surface area (Å²) in [5.74, 6) is -1.62. The van der Waals surface area contributed by atoms with Crippen molar-refractivity contribution in [3.8, 4) is 0 Å². The van der Waals surface area contributed by atoms with Gasteiger partial charge in [-0.1, -0.05) is 6.92 Å². The topological polar surface area (TPSA) is 80.0 Å². The summed E-state index contributed by atoms with van der Waals surface area (Å²) in [7, 11) is 0. The van der Waals surface area contributed by atoms with Gasteiger partial charge in [-0.3, -0.25) is 4.79 Å². The number of ether oxygens (including phenoxy) is 1. The van der Waals surface area contributed by atoms with Crippen LogP contribution in [0, 0.1) is 0 Å². The molecule has 1 aromatic heterocycles. The molecule has 1 aliphatic heterocycles. The number of rotatable bonds is 3. The number of amides is 1. The largest absolute Gasteiger partial charge is 0.475 e. The fourth-order valence-electron chi connectivity index (χ4n) is 1.97. The molecule has 2 rings (SSSR count). The molecule has 0 spiro atoms. The average Bonchev–Trinajstić information content (AvgIpc) is 2.87. The molecule has 1 aliphatic rings. The average molecular weight is 253 g/mol. The van der Waals surface area contributed by atoms with Gasteiger partial charge in [0.15, 0.2) is 5.76 Å². The highest BCUT2D eigenvalue weighted by Crippen LogP contribution is 2.16. The van der Waals surface area contributed by atoms with Gasteiger partial charge in [0.25, 0.3) is 5.91 Å². The van der Waals surface area contributed by atoms with Crippen LogP contribution in [0.25, 0.3) is 0 Å². The van der Waals surface area contributed by atoms with Gasteiger partial charge in [0.05, 0.1) is 19.3 Å². The van der Waals surface area contributed by atoms with Gasteiger partial charge < -0.3 is 19.2 Å². The van der Waals surface area contributed by atoms with Gasteiger partial charge in [0, 0.05) is 6.54 Å². The van der Waals surface area contributed by atoms with E-state index in [-0.39, 0.29) is 23.5 Å². The van der Waals surface area contributed by atoms with Crippen molar-refractivity contribution < 1.29 is 23.8 Å². The number of carboxylic acid groups (broad SMARTS) is 1. The van der Waals surface area contributed by atoms with Gasteiger partial charge in [-0.15, -0.1) is 0 Å². The Balaban J connectivity index is 2.15. The molecule has 1 N–H and O–H groups in total. The monoisotopic (exact) mass is 253 g/mol. The van der Waals surface area contributed by atoms with Gasteiger partial charge >= 0.3 is 5.97 Å². The van der Waals surface area contributed by atoms with E-state index in [0.29, 0.717) is 19.8 Å². The predicted octanol–water partition coefficient (Wildman–Crippen LogP) is 1.23. The van der Waals surface area contributed by atoms with Crippen molar-refractivity contribution in [1.29, 1.82) is 0 Å². The van der Waals surface area contributed by atoms with E-state index in [1.165, 1.54) is 12.1 Å². The molecule has 6 nitrogen and oxygen atoms in total. The van der Waals surface area contributed by atoms with E-state index < -0.39 is 5.97 Å². The van der Waals surface area contributed by atoms with Crippen LogP contribution in [0.1, 0.15) is 34.5 Å². The third kappa shape index (κ3) is 2.38. The Bertz CT molecular complexity index is 453. The number of carbonyl (C=O) groups excluding carboxylic acids is 1. The maximum atomic E-state index is 12.2. The maximum Gasteiger partial charge on any atom is 0.371 e. The third-order valence-corrected chi connectivity index (χ3v) is 2.99. The SMILES string of the molecule is CCC1COCCN1C(=O)c1ccc(C(=O)O)o1. The van der Waals surface area contributed by atoms with E-state index in [0.717, 1.165) is 6.42 Å². The van der Waals surface area contributed by atoms with E-state index in [2.05, 4.69) is 0 Å². The lowest BCUT2D eigenvalue weighted by Gasteiger charge is -2.34. The first-order valence-electron chi connectivity index (χ1n) is 5.85. The maximum absolute atomic E-state index is 12.2. The van der Waals surface area contributed by atoms with Crippen molar-refractivity contribution >= 4 is 11.9 Å². The molecule has 0 bridgehead atoms. The number of furan rings is 1. The van der Waals surface area contributed by atoms with Gasteiger partial charge in [0.1, 0.15) is 0 Å². The van der Waals surface area contributed by atoms with Gasteiger partial charge in [-0.05, 0) is 18.6 Å². The third-order valence-electron chi connectivity index (χ3n) is 2.99. The molecule has 1 atom stereocenters. The molecule has 0 radical (unpaired) electrons. The molecule has 2 heterocycles. The number of aromatic carboxylic acids is 1. The second kappa shape index (κ2) is 5.22. The number of carboxylic acids is 1. The summed E-state index contributed by atoms with van der Waals surface area (Å²) < 4.78 is 10.3. The first kappa shape index (κ1) is 12.6. The summed E-state index contributed by atoms with van der Waals surface area (Å²) in [6.45, 7) is 3.48. The summed E-state index contributed by atoms with van der Waals surface area (Å²) >= 11 is 0. The fraction of sp³-hybridized carbons (Fsp3) is 0.500. The first-order chi connectivity index (χ1) is 8.63. The number of hydrogen-bond acceptors (Lipinski definition) is 4. The molecular formula is C12H15NO5. The lowest BCUT2D eigenvalue weighted by atomic mass is 10.1. The number of morpholine rings is 1. The molecule has 1 aromatic rings. The Morgan fingerprint density at radius 2 is 2.17 bits per heavy atom. The standard InChI is InChI=1S/C12H15NO5/c1-2-8-7-17-6-5-13(8)11(14)9-3-4-10(18-9)12(15)16/h3-4,8H,2,5-7H2,1H3,(H,15,16). The minimum atomic E-state index is -1.18. The van der Waals surface area contributed by atoms with Gasteiger partial charge in [-0.2, -0.15) is 0 Å². The van der Waals surface area contributed by atoms with Crippen molar-refractivity contribution in [2.75, 3.05) is 19.8 Å². The lowest BCUT2D eigenvalue weighted by molar-refractivity contribution is -0.00442. The Morgan fingerprint density at radius 1 is 1.44 bits per heavy atom.